The lowest BCUT2D eigenvalue weighted by molar-refractivity contribution is 0.171. The maximum Gasteiger partial charge on any atom is 0.321 e. The summed E-state index contributed by atoms with van der Waals surface area (Å²) in [6.07, 6.45) is 3.45. The summed E-state index contributed by atoms with van der Waals surface area (Å²) in [7, 11) is 2.03. The van der Waals surface area contributed by atoms with Gasteiger partial charge >= 0.3 is 6.03 Å². The van der Waals surface area contributed by atoms with Crippen LogP contribution in [-0.4, -0.2) is 60.5 Å². The number of benzene rings is 1. The van der Waals surface area contributed by atoms with Crippen LogP contribution in [0.3, 0.4) is 0 Å². The zero-order chi connectivity index (χ0) is 18.6. The molecular formula is C19H23N5O3. The Labute approximate surface area is 158 Å². The van der Waals surface area contributed by atoms with Gasteiger partial charge in [-0.1, -0.05) is 0 Å². The van der Waals surface area contributed by atoms with Gasteiger partial charge in [0, 0.05) is 44.1 Å². The molecule has 1 fully saturated rings. The highest BCUT2D eigenvalue weighted by Gasteiger charge is 2.26. The maximum absolute atomic E-state index is 12.6. The molecule has 2 aromatic rings. The molecular weight excluding hydrogens is 346 g/mol. The molecule has 2 amide bonds. The highest BCUT2D eigenvalue weighted by atomic mass is 16.6. The number of nitrogens with zero attached hydrogens (tertiary/aromatic N) is 4. The minimum Gasteiger partial charge on any atom is -0.486 e. The largest absolute Gasteiger partial charge is 0.486 e. The first-order valence-electron chi connectivity index (χ1n) is 9.17. The predicted molar refractivity (Wildman–Crippen MR) is 101 cm³/mol. The fourth-order valence-electron chi connectivity index (χ4n) is 3.45. The van der Waals surface area contributed by atoms with Crippen molar-refractivity contribution in [2.75, 3.05) is 43.6 Å². The number of hydrogen-bond acceptors (Lipinski definition) is 6. The van der Waals surface area contributed by atoms with Gasteiger partial charge < -0.3 is 24.6 Å². The van der Waals surface area contributed by atoms with E-state index in [1.54, 1.807) is 12.3 Å². The third-order valence-corrected chi connectivity index (χ3v) is 5.01. The molecule has 3 heterocycles. The minimum atomic E-state index is -0.0905. The Hall–Kier alpha value is -3.03. The van der Waals surface area contributed by atoms with Crippen molar-refractivity contribution in [1.29, 1.82) is 0 Å². The smallest absolute Gasteiger partial charge is 0.321 e. The van der Waals surface area contributed by atoms with E-state index in [1.165, 1.54) is 0 Å². The standard InChI is InChI=1S/C19H23N5O3/c1-23(18-3-2-8-20-22-18)15-6-9-24(10-7-15)19(25)21-14-4-5-16-17(13-14)27-12-11-26-16/h2-5,8,13,15H,6-7,9-12H2,1H3,(H,21,25). The SMILES string of the molecule is CN(c1cccnn1)C1CCN(C(=O)Nc2ccc3c(c2)OCCO3)CC1. The Kier molecular flexibility index (Phi) is 4.95. The lowest BCUT2D eigenvalue weighted by atomic mass is 10.0. The van der Waals surface area contributed by atoms with E-state index in [2.05, 4.69) is 20.4 Å². The van der Waals surface area contributed by atoms with Crippen LogP contribution in [0.25, 0.3) is 0 Å². The molecule has 1 aromatic heterocycles. The Morgan fingerprint density at radius 3 is 2.70 bits per heavy atom. The number of ether oxygens (including phenoxy) is 2. The summed E-state index contributed by atoms with van der Waals surface area (Å²) in [4.78, 5) is 16.6. The van der Waals surface area contributed by atoms with Crippen LogP contribution < -0.4 is 19.7 Å². The molecule has 142 valence electrons. The summed E-state index contributed by atoms with van der Waals surface area (Å²) >= 11 is 0. The lowest BCUT2D eigenvalue weighted by Gasteiger charge is -2.37. The van der Waals surface area contributed by atoms with Gasteiger partial charge in [0.05, 0.1) is 0 Å². The third kappa shape index (κ3) is 3.89. The van der Waals surface area contributed by atoms with E-state index >= 15 is 0 Å². The second-order valence-electron chi connectivity index (χ2n) is 6.70. The van der Waals surface area contributed by atoms with Gasteiger partial charge in [-0.25, -0.2) is 4.79 Å². The number of carbonyl (C=O) groups excluding carboxylic acids is 1. The van der Waals surface area contributed by atoms with E-state index < -0.39 is 0 Å². The van der Waals surface area contributed by atoms with Crippen molar-refractivity contribution < 1.29 is 14.3 Å². The van der Waals surface area contributed by atoms with Crippen LogP contribution in [-0.2, 0) is 0 Å². The maximum atomic E-state index is 12.6. The molecule has 27 heavy (non-hydrogen) atoms. The van der Waals surface area contributed by atoms with Crippen LogP contribution in [0.5, 0.6) is 11.5 Å². The molecule has 0 atom stereocenters. The van der Waals surface area contributed by atoms with Crippen LogP contribution in [0.4, 0.5) is 16.3 Å². The molecule has 1 aromatic carbocycles. The molecule has 0 unspecified atom stereocenters. The van der Waals surface area contributed by atoms with Crippen LogP contribution in [0.1, 0.15) is 12.8 Å². The zero-order valence-corrected chi connectivity index (χ0v) is 15.3. The van der Waals surface area contributed by atoms with Crippen molar-refractivity contribution in [3.8, 4) is 11.5 Å². The number of nitrogens with one attached hydrogen (secondary N) is 1. The summed E-state index contributed by atoms with van der Waals surface area (Å²) in [6, 6.07) is 9.56. The monoisotopic (exact) mass is 369 g/mol. The van der Waals surface area contributed by atoms with Crippen LogP contribution in [0, 0.1) is 0 Å². The Morgan fingerprint density at radius 2 is 1.96 bits per heavy atom. The molecule has 4 rings (SSSR count). The van der Waals surface area contributed by atoms with E-state index in [-0.39, 0.29) is 6.03 Å². The topological polar surface area (TPSA) is 79.8 Å². The molecule has 0 bridgehead atoms. The molecule has 0 spiro atoms. The van der Waals surface area contributed by atoms with Crippen molar-refractivity contribution in [3.63, 3.8) is 0 Å². The summed E-state index contributed by atoms with van der Waals surface area (Å²) in [6.45, 7) is 2.48. The summed E-state index contributed by atoms with van der Waals surface area (Å²) in [5, 5.41) is 11.0. The number of carbonyl (C=O) groups is 1. The Morgan fingerprint density at radius 1 is 1.19 bits per heavy atom. The molecule has 1 N–H and O–H groups in total. The van der Waals surface area contributed by atoms with Gasteiger partial charge in [-0.15, -0.1) is 5.10 Å². The van der Waals surface area contributed by atoms with Crippen LogP contribution in [0.15, 0.2) is 36.5 Å². The van der Waals surface area contributed by atoms with Crippen molar-refractivity contribution in [3.05, 3.63) is 36.5 Å². The molecule has 0 saturated carbocycles. The minimum absolute atomic E-state index is 0.0905. The average Bonchev–Trinajstić information content (AvgIpc) is 2.74. The predicted octanol–water partition coefficient (Wildman–Crippen LogP) is 2.38. The van der Waals surface area contributed by atoms with Crippen molar-refractivity contribution in [2.24, 2.45) is 0 Å². The first-order chi connectivity index (χ1) is 13.2. The number of fused-ring (bicyclic) bond motifs is 1. The van der Waals surface area contributed by atoms with Crippen molar-refractivity contribution in [1.82, 2.24) is 15.1 Å². The van der Waals surface area contributed by atoms with E-state index in [0.29, 0.717) is 49.5 Å². The highest BCUT2D eigenvalue weighted by molar-refractivity contribution is 5.89. The highest BCUT2D eigenvalue weighted by Crippen LogP contribution is 2.32. The normalized spacial score (nSPS) is 16.7. The summed E-state index contributed by atoms with van der Waals surface area (Å²) < 4.78 is 11.1. The molecule has 8 nitrogen and oxygen atoms in total. The van der Waals surface area contributed by atoms with Crippen molar-refractivity contribution in [2.45, 2.75) is 18.9 Å². The summed E-state index contributed by atoms with van der Waals surface area (Å²) in [5.74, 6) is 2.24. The van der Waals surface area contributed by atoms with E-state index in [0.717, 1.165) is 18.7 Å². The van der Waals surface area contributed by atoms with Gasteiger partial charge in [0.25, 0.3) is 0 Å². The van der Waals surface area contributed by atoms with Gasteiger partial charge in [-0.2, -0.15) is 5.10 Å². The number of urea groups is 1. The molecule has 2 aliphatic rings. The number of anilines is 2. The first kappa shape index (κ1) is 17.4. The average molecular weight is 369 g/mol. The second-order valence-corrected chi connectivity index (χ2v) is 6.70. The number of hydrogen-bond donors (Lipinski definition) is 1. The Bertz CT molecular complexity index is 793. The van der Waals surface area contributed by atoms with Crippen LogP contribution >= 0.6 is 0 Å². The van der Waals surface area contributed by atoms with Crippen molar-refractivity contribution >= 4 is 17.5 Å². The van der Waals surface area contributed by atoms with Gasteiger partial charge in [0.15, 0.2) is 17.3 Å². The van der Waals surface area contributed by atoms with E-state index in [1.807, 2.05) is 36.2 Å². The number of piperidine rings is 1. The van der Waals surface area contributed by atoms with Crippen LogP contribution in [0.2, 0.25) is 0 Å². The fraction of sp³-hybridized carbons (Fsp3) is 0.421. The first-order valence-corrected chi connectivity index (χ1v) is 9.17. The van der Waals surface area contributed by atoms with E-state index in [9.17, 15) is 4.79 Å². The molecule has 0 aliphatic carbocycles. The van der Waals surface area contributed by atoms with E-state index in [4.69, 9.17) is 9.47 Å². The summed E-state index contributed by atoms with van der Waals surface area (Å²) in [5.41, 5.74) is 0.711. The van der Waals surface area contributed by atoms with Gasteiger partial charge in [-0.3, -0.25) is 0 Å². The van der Waals surface area contributed by atoms with Gasteiger partial charge in [-0.05, 0) is 37.1 Å². The zero-order valence-electron chi connectivity index (χ0n) is 15.3. The molecule has 8 heteroatoms. The lowest BCUT2D eigenvalue weighted by Crippen LogP contribution is -2.47. The number of likely N-dealkylation sites (tertiary alicyclic amines) is 1. The molecule has 0 radical (unpaired) electrons. The number of rotatable bonds is 3. The Balaban J connectivity index is 1.32. The molecule has 1 saturated heterocycles. The quantitative estimate of drug-likeness (QED) is 0.895. The fourth-order valence-corrected chi connectivity index (χ4v) is 3.45. The molecule has 2 aliphatic heterocycles. The third-order valence-electron chi connectivity index (χ3n) is 5.01. The number of amides is 2. The van der Waals surface area contributed by atoms with Gasteiger partial charge in [0.2, 0.25) is 0 Å². The van der Waals surface area contributed by atoms with Gasteiger partial charge in [0.1, 0.15) is 13.2 Å². The second kappa shape index (κ2) is 7.69. The number of aromatic nitrogens is 2.